The van der Waals surface area contributed by atoms with Crippen molar-refractivity contribution in [1.82, 2.24) is 9.97 Å². The highest BCUT2D eigenvalue weighted by Crippen LogP contribution is 2.21. The van der Waals surface area contributed by atoms with Crippen LogP contribution in [0, 0.1) is 0 Å². The first-order valence-corrected chi connectivity index (χ1v) is 6.88. The monoisotopic (exact) mass is 255 g/mol. The Bertz CT molecular complexity index is 518. The fourth-order valence-corrected chi connectivity index (χ4v) is 1.88. The molecule has 1 aromatic heterocycles. The lowest BCUT2D eigenvalue weighted by molar-refractivity contribution is 0.867. The molecule has 3 nitrogen and oxygen atoms in total. The van der Waals surface area contributed by atoms with E-state index in [2.05, 4.69) is 60.3 Å². The Hall–Kier alpha value is -1.90. The Balaban J connectivity index is 2.21. The molecule has 0 aliphatic rings. The van der Waals surface area contributed by atoms with Crippen LogP contribution in [0.5, 0.6) is 0 Å². The molecule has 0 fully saturated rings. The number of rotatable bonds is 5. The van der Waals surface area contributed by atoms with Gasteiger partial charge in [-0.3, -0.25) is 0 Å². The molecule has 1 N–H and O–H groups in total. The normalized spacial score (nSPS) is 10.7. The van der Waals surface area contributed by atoms with E-state index in [1.807, 2.05) is 6.07 Å². The second-order valence-corrected chi connectivity index (χ2v) is 4.97. The smallest absolute Gasteiger partial charge is 0.223 e. The van der Waals surface area contributed by atoms with Crippen molar-refractivity contribution in [3.63, 3.8) is 0 Å². The van der Waals surface area contributed by atoms with Crippen molar-refractivity contribution >= 4 is 5.95 Å². The van der Waals surface area contributed by atoms with E-state index in [0.717, 1.165) is 24.2 Å². The third-order valence-electron chi connectivity index (χ3n) is 3.06. The topological polar surface area (TPSA) is 37.8 Å². The molecule has 2 aromatic rings. The largest absolute Gasteiger partial charge is 0.354 e. The summed E-state index contributed by atoms with van der Waals surface area (Å²) in [6, 6.07) is 10.5. The van der Waals surface area contributed by atoms with Gasteiger partial charge in [-0.1, -0.05) is 45.0 Å². The number of hydrogen-bond acceptors (Lipinski definition) is 3. The maximum atomic E-state index is 4.53. The lowest BCUT2D eigenvalue weighted by Crippen LogP contribution is -2.04. The van der Waals surface area contributed by atoms with E-state index < -0.39 is 0 Å². The summed E-state index contributed by atoms with van der Waals surface area (Å²) in [5, 5.41) is 3.21. The summed E-state index contributed by atoms with van der Waals surface area (Å²) in [4.78, 5) is 8.76. The highest BCUT2D eigenvalue weighted by molar-refractivity contribution is 5.60. The van der Waals surface area contributed by atoms with Gasteiger partial charge < -0.3 is 5.32 Å². The predicted octanol–water partition coefficient (Wildman–Crippen LogP) is 4.09. The second kappa shape index (κ2) is 6.32. The van der Waals surface area contributed by atoms with Crippen molar-refractivity contribution in [1.29, 1.82) is 0 Å². The summed E-state index contributed by atoms with van der Waals surface area (Å²) in [5.41, 5.74) is 3.44. The first-order chi connectivity index (χ1) is 9.20. The summed E-state index contributed by atoms with van der Waals surface area (Å²) in [7, 11) is 0. The van der Waals surface area contributed by atoms with Crippen molar-refractivity contribution in [2.45, 2.75) is 33.1 Å². The van der Waals surface area contributed by atoms with Gasteiger partial charge in [0.15, 0.2) is 0 Å². The summed E-state index contributed by atoms with van der Waals surface area (Å²) in [5.74, 6) is 1.26. The molecule has 2 rings (SSSR count). The quantitative estimate of drug-likeness (QED) is 0.874. The van der Waals surface area contributed by atoms with Crippen LogP contribution in [0.15, 0.2) is 36.5 Å². The third-order valence-corrected chi connectivity index (χ3v) is 3.06. The van der Waals surface area contributed by atoms with E-state index in [-0.39, 0.29) is 0 Å². The minimum absolute atomic E-state index is 0.557. The van der Waals surface area contributed by atoms with Crippen LogP contribution in [0.3, 0.4) is 0 Å². The molecular formula is C16H21N3. The summed E-state index contributed by atoms with van der Waals surface area (Å²) in [6.45, 7) is 7.43. The summed E-state index contributed by atoms with van der Waals surface area (Å²) < 4.78 is 0. The van der Waals surface area contributed by atoms with E-state index in [1.54, 1.807) is 6.20 Å². The van der Waals surface area contributed by atoms with Gasteiger partial charge in [-0.25, -0.2) is 9.97 Å². The molecule has 1 aromatic carbocycles. The van der Waals surface area contributed by atoms with Gasteiger partial charge in [-0.2, -0.15) is 0 Å². The zero-order valence-corrected chi connectivity index (χ0v) is 11.9. The van der Waals surface area contributed by atoms with Crippen LogP contribution >= 0.6 is 0 Å². The number of hydrogen-bond donors (Lipinski definition) is 1. The summed E-state index contributed by atoms with van der Waals surface area (Å²) >= 11 is 0. The molecule has 0 spiro atoms. The van der Waals surface area contributed by atoms with Gasteiger partial charge in [0, 0.05) is 18.3 Å². The van der Waals surface area contributed by atoms with Gasteiger partial charge in [0.2, 0.25) is 5.95 Å². The minimum Gasteiger partial charge on any atom is -0.354 e. The first-order valence-electron chi connectivity index (χ1n) is 6.88. The standard InChI is InChI=1S/C16H21N3/c1-4-10-17-16-18-11-9-15(19-16)14-7-5-13(6-8-14)12(2)3/h5-9,11-12H,4,10H2,1-3H3,(H,17,18,19). The molecule has 0 aliphatic carbocycles. The van der Waals surface area contributed by atoms with Gasteiger partial charge in [-0.15, -0.1) is 0 Å². The maximum Gasteiger partial charge on any atom is 0.223 e. The molecule has 0 atom stereocenters. The molecule has 1 heterocycles. The van der Waals surface area contributed by atoms with Gasteiger partial charge in [0.25, 0.3) is 0 Å². The van der Waals surface area contributed by atoms with Crippen LogP contribution in [0.2, 0.25) is 0 Å². The Kier molecular flexibility index (Phi) is 4.50. The molecule has 0 bridgehead atoms. The number of anilines is 1. The molecule has 19 heavy (non-hydrogen) atoms. The minimum atomic E-state index is 0.557. The zero-order chi connectivity index (χ0) is 13.7. The highest BCUT2D eigenvalue weighted by atomic mass is 15.1. The fourth-order valence-electron chi connectivity index (χ4n) is 1.88. The van der Waals surface area contributed by atoms with Crippen LogP contribution in [-0.2, 0) is 0 Å². The van der Waals surface area contributed by atoms with Crippen LogP contribution in [0.4, 0.5) is 5.95 Å². The van der Waals surface area contributed by atoms with Gasteiger partial charge in [-0.05, 0) is 24.0 Å². The van der Waals surface area contributed by atoms with Gasteiger partial charge >= 0.3 is 0 Å². The molecule has 0 saturated heterocycles. The maximum absolute atomic E-state index is 4.53. The molecule has 0 unspecified atom stereocenters. The van der Waals surface area contributed by atoms with E-state index in [1.165, 1.54) is 5.56 Å². The van der Waals surface area contributed by atoms with Crippen LogP contribution < -0.4 is 5.32 Å². The zero-order valence-electron chi connectivity index (χ0n) is 11.9. The van der Waals surface area contributed by atoms with Crippen molar-refractivity contribution in [2.24, 2.45) is 0 Å². The highest BCUT2D eigenvalue weighted by Gasteiger charge is 2.03. The second-order valence-electron chi connectivity index (χ2n) is 4.97. The van der Waals surface area contributed by atoms with Crippen LogP contribution in [-0.4, -0.2) is 16.5 Å². The average Bonchev–Trinajstić information content (AvgIpc) is 2.45. The van der Waals surface area contributed by atoms with Crippen molar-refractivity contribution in [3.8, 4) is 11.3 Å². The van der Waals surface area contributed by atoms with E-state index in [4.69, 9.17) is 0 Å². The molecule has 0 amide bonds. The molecule has 0 saturated carbocycles. The SMILES string of the molecule is CCCNc1nccc(-c2ccc(C(C)C)cc2)n1. The number of aromatic nitrogens is 2. The Morgan fingerprint density at radius 1 is 1.11 bits per heavy atom. The Morgan fingerprint density at radius 2 is 1.84 bits per heavy atom. The Labute approximate surface area is 115 Å². The molecular weight excluding hydrogens is 234 g/mol. The number of nitrogens with one attached hydrogen (secondary N) is 1. The van der Waals surface area contributed by atoms with Crippen molar-refractivity contribution in [2.75, 3.05) is 11.9 Å². The number of benzene rings is 1. The molecule has 100 valence electrons. The predicted molar refractivity (Wildman–Crippen MR) is 80.3 cm³/mol. The molecule has 3 heteroatoms. The van der Waals surface area contributed by atoms with E-state index in [0.29, 0.717) is 11.9 Å². The van der Waals surface area contributed by atoms with E-state index in [9.17, 15) is 0 Å². The van der Waals surface area contributed by atoms with E-state index >= 15 is 0 Å². The van der Waals surface area contributed by atoms with Crippen LogP contribution in [0.25, 0.3) is 11.3 Å². The van der Waals surface area contributed by atoms with Gasteiger partial charge in [0.1, 0.15) is 0 Å². The lowest BCUT2D eigenvalue weighted by Gasteiger charge is -2.08. The Morgan fingerprint density at radius 3 is 2.47 bits per heavy atom. The van der Waals surface area contributed by atoms with Crippen molar-refractivity contribution < 1.29 is 0 Å². The fraction of sp³-hybridized carbons (Fsp3) is 0.375. The average molecular weight is 255 g/mol. The third kappa shape index (κ3) is 3.53. The van der Waals surface area contributed by atoms with Crippen LogP contribution in [0.1, 0.15) is 38.7 Å². The van der Waals surface area contributed by atoms with Gasteiger partial charge in [0.05, 0.1) is 5.69 Å². The molecule has 0 aliphatic heterocycles. The number of nitrogens with zero attached hydrogens (tertiary/aromatic N) is 2. The summed E-state index contributed by atoms with van der Waals surface area (Å²) in [6.07, 6.45) is 2.87. The lowest BCUT2D eigenvalue weighted by atomic mass is 10.0. The van der Waals surface area contributed by atoms with Crippen molar-refractivity contribution in [3.05, 3.63) is 42.1 Å². The molecule has 0 radical (unpaired) electrons. The first kappa shape index (κ1) is 13.5.